The van der Waals surface area contributed by atoms with Crippen molar-refractivity contribution in [2.45, 2.75) is 6.92 Å². The fourth-order valence-corrected chi connectivity index (χ4v) is 2.83. The van der Waals surface area contributed by atoms with Gasteiger partial charge in [-0.2, -0.15) is 0 Å². The second-order valence-corrected chi connectivity index (χ2v) is 5.53. The van der Waals surface area contributed by atoms with E-state index in [9.17, 15) is 5.11 Å². The van der Waals surface area contributed by atoms with Crippen molar-refractivity contribution in [3.8, 4) is 28.0 Å². The normalized spacial score (nSPS) is 10.5. The van der Waals surface area contributed by atoms with E-state index in [4.69, 9.17) is 11.1 Å². The molecule has 0 aliphatic carbocycles. The van der Waals surface area contributed by atoms with E-state index in [2.05, 4.69) is 0 Å². The van der Waals surface area contributed by atoms with Crippen molar-refractivity contribution in [3.63, 3.8) is 0 Å². The first-order valence-corrected chi connectivity index (χ1v) is 7.41. The number of phenols is 1. The third kappa shape index (κ3) is 2.81. The quantitative estimate of drug-likeness (QED) is 0.498. The highest BCUT2D eigenvalue weighted by atomic mass is 16.3. The lowest BCUT2D eigenvalue weighted by molar-refractivity contribution is 0.477. The number of nitrogens with two attached hydrogens (primary N) is 1. The molecule has 3 rings (SSSR count). The van der Waals surface area contributed by atoms with Gasteiger partial charge in [-0.15, -0.1) is 0 Å². The van der Waals surface area contributed by atoms with Gasteiger partial charge in [0.25, 0.3) is 0 Å². The lowest BCUT2D eigenvalue weighted by atomic mass is 9.88. The fourth-order valence-electron chi connectivity index (χ4n) is 2.83. The highest BCUT2D eigenvalue weighted by Gasteiger charge is 2.17. The first kappa shape index (κ1) is 14.9. The first-order chi connectivity index (χ1) is 11.1. The van der Waals surface area contributed by atoms with Crippen molar-refractivity contribution < 1.29 is 5.11 Å². The molecule has 0 aliphatic heterocycles. The Balaban J connectivity index is 2.40. The average molecular weight is 302 g/mol. The van der Waals surface area contributed by atoms with Crippen LogP contribution in [0.1, 0.15) is 11.1 Å². The number of hydrogen-bond donors (Lipinski definition) is 3. The fraction of sp³-hybridized carbons (Fsp3) is 0.0500. The van der Waals surface area contributed by atoms with E-state index in [0.717, 1.165) is 27.8 Å². The zero-order valence-electron chi connectivity index (χ0n) is 12.9. The number of aryl methyl sites for hydroxylation is 1. The maximum absolute atomic E-state index is 10.3. The second kappa shape index (κ2) is 5.97. The molecule has 114 valence electrons. The standard InChI is InChI=1S/C20H18N2O/c1-13-11-16(15-9-5-6-10-18(15)23)19(17(12-13)20(21)22)14-7-3-2-4-8-14/h2-12,23H,1H3,(H3,21,22). The van der Waals surface area contributed by atoms with Gasteiger partial charge in [0.05, 0.1) is 0 Å². The summed E-state index contributed by atoms with van der Waals surface area (Å²) >= 11 is 0. The molecule has 0 atom stereocenters. The molecule has 0 aliphatic rings. The SMILES string of the molecule is Cc1cc(C(=N)N)c(-c2ccccc2)c(-c2ccccc2O)c1. The maximum Gasteiger partial charge on any atom is 0.123 e. The minimum Gasteiger partial charge on any atom is -0.507 e. The molecule has 0 amide bonds. The molecule has 0 heterocycles. The minimum absolute atomic E-state index is 0.0178. The summed E-state index contributed by atoms with van der Waals surface area (Å²) in [5.74, 6) is 0.231. The van der Waals surface area contributed by atoms with E-state index in [1.165, 1.54) is 0 Å². The van der Waals surface area contributed by atoms with Crippen molar-refractivity contribution in [2.75, 3.05) is 0 Å². The molecule has 4 N–H and O–H groups in total. The van der Waals surface area contributed by atoms with Crippen LogP contribution in [0.25, 0.3) is 22.3 Å². The summed E-state index contributed by atoms with van der Waals surface area (Å²) in [5, 5.41) is 18.2. The molecular weight excluding hydrogens is 284 g/mol. The monoisotopic (exact) mass is 302 g/mol. The Kier molecular flexibility index (Phi) is 3.85. The van der Waals surface area contributed by atoms with Gasteiger partial charge < -0.3 is 10.8 Å². The lowest BCUT2D eigenvalue weighted by Crippen LogP contribution is -2.13. The molecule has 0 saturated carbocycles. The minimum atomic E-state index is 0.0178. The Bertz CT molecular complexity index is 870. The van der Waals surface area contributed by atoms with Crippen LogP contribution in [0.15, 0.2) is 66.7 Å². The third-order valence-corrected chi connectivity index (χ3v) is 3.83. The van der Waals surface area contributed by atoms with Gasteiger partial charge in [0, 0.05) is 16.7 Å². The van der Waals surface area contributed by atoms with Crippen LogP contribution in [0.3, 0.4) is 0 Å². The number of phenolic OH excluding ortho intramolecular Hbond substituents is 1. The van der Waals surface area contributed by atoms with Crippen LogP contribution in [0.5, 0.6) is 5.75 Å². The Morgan fingerprint density at radius 2 is 1.57 bits per heavy atom. The van der Waals surface area contributed by atoms with Gasteiger partial charge in [0.15, 0.2) is 0 Å². The second-order valence-electron chi connectivity index (χ2n) is 5.53. The van der Waals surface area contributed by atoms with Crippen molar-refractivity contribution in [3.05, 3.63) is 77.9 Å². The lowest BCUT2D eigenvalue weighted by Gasteiger charge is -2.17. The maximum atomic E-state index is 10.3. The highest BCUT2D eigenvalue weighted by molar-refractivity contribution is 6.06. The van der Waals surface area contributed by atoms with E-state index in [0.29, 0.717) is 5.56 Å². The summed E-state index contributed by atoms with van der Waals surface area (Å²) in [6.07, 6.45) is 0. The topological polar surface area (TPSA) is 70.1 Å². The molecule has 3 nitrogen and oxygen atoms in total. The number of para-hydroxylation sites is 1. The number of hydrogen-bond acceptors (Lipinski definition) is 2. The molecule has 0 aromatic heterocycles. The van der Waals surface area contributed by atoms with Gasteiger partial charge in [0.1, 0.15) is 11.6 Å². The van der Waals surface area contributed by atoms with Gasteiger partial charge in [-0.1, -0.05) is 54.6 Å². The molecule has 0 spiro atoms. The van der Waals surface area contributed by atoms with Crippen LogP contribution >= 0.6 is 0 Å². The summed E-state index contributed by atoms with van der Waals surface area (Å²) in [7, 11) is 0. The molecule has 23 heavy (non-hydrogen) atoms. The van der Waals surface area contributed by atoms with Crippen molar-refractivity contribution >= 4 is 5.84 Å². The van der Waals surface area contributed by atoms with Crippen LogP contribution in [-0.4, -0.2) is 10.9 Å². The van der Waals surface area contributed by atoms with Crippen LogP contribution in [0.4, 0.5) is 0 Å². The average Bonchev–Trinajstić information content (AvgIpc) is 2.55. The predicted octanol–water partition coefficient (Wildman–Crippen LogP) is 4.32. The van der Waals surface area contributed by atoms with E-state index in [1.807, 2.05) is 61.5 Å². The number of nitrogens with one attached hydrogen (secondary N) is 1. The molecular formula is C20H18N2O. The van der Waals surface area contributed by atoms with Gasteiger partial charge in [-0.3, -0.25) is 5.41 Å². The summed E-state index contributed by atoms with van der Waals surface area (Å²) in [5.41, 5.74) is 10.9. The van der Waals surface area contributed by atoms with Gasteiger partial charge in [-0.05, 0) is 35.7 Å². The molecule has 0 saturated heterocycles. The Morgan fingerprint density at radius 1 is 0.913 bits per heavy atom. The number of rotatable bonds is 3. The summed E-state index contributed by atoms with van der Waals surface area (Å²) in [6.45, 7) is 1.96. The molecule has 0 bridgehead atoms. The number of amidine groups is 1. The molecule has 3 heteroatoms. The third-order valence-electron chi connectivity index (χ3n) is 3.83. The van der Waals surface area contributed by atoms with Crippen LogP contribution in [-0.2, 0) is 0 Å². The highest BCUT2D eigenvalue weighted by Crippen LogP contribution is 2.39. The van der Waals surface area contributed by atoms with Crippen LogP contribution < -0.4 is 5.73 Å². The van der Waals surface area contributed by atoms with E-state index >= 15 is 0 Å². The number of nitrogen functional groups attached to an aromatic ring is 1. The Hall–Kier alpha value is -3.07. The predicted molar refractivity (Wildman–Crippen MR) is 94.7 cm³/mol. The molecule has 3 aromatic carbocycles. The van der Waals surface area contributed by atoms with E-state index < -0.39 is 0 Å². The summed E-state index contributed by atoms with van der Waals surface area (Å²) < 4.78 is 0. The largest absolute Gasteiger partial charge is 0.507 e. The van der Waals surface area contributed by atoms with Crippen molar-refractivity contribution in [1.29, 1.82) is 5.41 Å². The number of aromatic hydroxyl groups is 1. The zero-order valence-corrected chi connectivity index (χ0v) is 12.9. The van der Waals surface area contributed by atoms with Gasteiger partial charge in [-0.25, -0.2) is 0 Å². The summed E-state index contributed by atoms with van der Waals surface area (Å²) in [6, 6.07) is 21.0. The van der Waals surface area contributed by atoms with Gasteiger partial charge >= 0.3 is 0 Å². The van der Waals surface area contributed by atoms with Crippen molar-refractivity contribution in [1.82, 2.24) is 0 Å². The zero-order chi connectivity index (χ0) is 16.4. The first-order valence-electron chi connectivity index (χ1n) is 7.41. The molecule has 0 fully saturated rings. The molecule has 3 aromatic rings. The van der Waals surface area contributed by atoms with Gasteiger partial charge in [0.2, 0.25) is 0 Å². The van der Waals surface area contributed by atoms with Crippen LogP contribution in [0.2, 0.25) is 0 Å². The smallest absolute Gasteiger partial charge is 0.123 e. The van der Waals surface area contributed by atoms with E-state index in [1.54, 1.807) is 12.1 Å². The Morgan fingerprint density at radius 3 is 2.22 bits per heavy atom. The molecule has 0 radical (unpaired) electrons. The summed E-state index contributed by atoms with van der Waals surface area (Å²) in [4.78, 5) is 0. The number of benzene rings is 3. The Labute approximate surface area is 135 Å². The van der Waals surface area contributed by atoms with Crippen molar-refractivity contribution in [2.24, 2.45) is 5.73 Å². The van der Waals surface area contributed by atoms with Crippen LogP contribution in [0, 0.1) is 12.3 Å². The van der Waals surface area contributed by atoms with E-state index in [-0.39, 0.29) is 11.6 Å². The molecule has 0 unspecified atom stereocenters.